The first-order valence-corrected chi connectivity index (χ1v) is 5.74. The SMILES string of the molecule is CC(C)c1noc(N2CCC(C)(C(=O)O)C2)n1. The standard InChI is InChI=1S/C11H17N3O3/c1-7(2)8-12-10(17-13-8)14-5-4-11(3,6-14)9(15)16/h7H,4-6H2,1-3H3,(H,15,16). The van der Waals surface area contributed by atoms with Gasteiger partial charge in [-0.15, -0.1) is 0 Å². The van der Waals surface area contributed by atoms with Crippen LogP contribution in [0.2, 0.25) is 0 Å². The molecule has 1 aromatic rings. The minimum Gasteiger partial charge on any atom is -0.481 e. The number of aliphatic carboxylic acids is 1. The highest BCUT2D eigenvalue weighted by molar-refractivity contribution is 5.75. The van der Waals surface area contributed by atoms with Gasteiger partial charge in [0.1, 0.15) is 0 Å². The van der Waals surface area contributed by atoms with Crippen molar-refractivity contribution in [3.05, 3.63) is 5.82 Å². The van der Waals surface area contributed by atoms with E-state index in [4.69, 9.17) is 9.63 Å². The molecule has 1 unspecified atom stereocenters. The number of anilines is 1. The summed E-state index contributed by atoms with van der Waals surface area (Å²) < 4.78 is 5.15. The molecule has 0 radical (unpaired) electrons. The molecule has 2 rings (SSSR count). The second kappa shape index (κ2) is 4.01. The molecule has 1 N–H and O–H groups in total. The minimum absolute atomic E-state index is 0.209. The Labute approximate surface area is 99.6 Å². The molecule has 1 saturated heterocycles. The zero-order chi connectivity index (χ0) is 12.6. The molecule has 1 atom stereocenters. The van der Waals surface area contributed by atoms with Crippen molar-refractivity contribution in [2.75, 3.05) is 18.0 Å². The number of aromatic nitrogens is 2. The van der Waals surface area contributed by atoms with E-state index in [1.165, 1.54) is 0 Å². The first-order valence-electron chi connectivity index (χ1n) is 5.74. The van der Waals surface area contributed by atoms with Gasteiger partial charge in [0, 0.05) is 19.0 Å². The summed E-state index contributed by atoms with van der Waals surface area (Å²) in [5.41, 5.74) is -0.716. The summed E-state index contributed by atoms with van der Waals surface area (Å²) in [6.07, 6.45) is 0.599. The van der Waals surface area contributed by atoms with Gasteiger partial charge in [-0.3, -0.25) is 4.79 Å². The Hall–Kier alpha value is -1.59. The fraction of sp³-hybridized carbons (Fsp3) is 0.727. The van der Waals surface area contributed by atoms with E-state index in [1.54, 1.807) is 6.92 Å². The molecule has 1 fully saturated rings. The number of carbonyl (C=O) groups is 1. The maximum Gasteiger partial charge on any atom is 0.324 e. The van der Waals surface area contributed by atoms with Crippen LogP contribution >= 0.6 is 0 Å². The van der Waals surface area contributed by atoms with Gasteiger partial charge in [-0.2, -0.15) is 4.98 Å². The van der Waals surface area contributed by atoms with Gasteiger partial charge in [0.2, 0.25) is 0 Å². The van der Waals surface area contributed by atoms with Crippen molar-refractivity contribution in [2.45, 2.75) is 33.1 Å². The highest BCUT2D eigenvalue weighted by Crippen LogP contribution is 2.32. The number of rotatable bonds is 3. The van der Waals surface area contributed by atoms with Crippen LogP contribution in [0.1, 0.15) is 38.9 Å². The molecule has 94 valence electrons. The molecule has 1 aliphatic rings. The molecule has 6 nitrogen and oxygen atoms in total. The third kappa shape index (κ3) is 2.11. The maximum atomic E-state index is 11.1. The van der Waals surface area contributed by atoms with E-state index in [-0.39, 0.29) is 5.92 Å². The van der Waals surface area contributed by atoms with Crippen LogP contribution in [0.5, 0.6) is 0 Å². The summed E-state index contributed by atoms with van der Waals surface area (Å²) >= 11 is 0. The van der Waals surface area contributed by atoms with Gasteiger partial charge in [-0.05, 0) is 13.3 Å². The van der Waals surface area contributed by atoms with Crippen molar-refractivity contribution in [3.63, 3.8) is 0 Å². The third-order valence-corrected chi connectivity index (χ3v) is 3.21. The lowest BCUT2D eigenvalue weighted by atomic mass is 9.90. The van der Waals surface area contributed by atoms with E-state index in [2.05, 4.69) is 10.1 Å². The van der Waals surface area contributed by atoms with Crippen LogP contribution in [0.25, 0.3) is 0 Å². The lowest BCUT2D eigenvalue weighted by molar-refractivity contribution is -0.146. The minimum atomic E-state index is -0.774. The van der Waals surface area contributed by atoms with Gasteiger partial charge in [0.25, 0.3) is 0 Å². The van der Waals surface area contributed by atoms with Crippen LogP contribution in [0.4, 0.5) is 6.01 Å². The van der Waals surface area contributed by atoms with Gasteiger partial charge in [-0.25, -0.2) is 0 Å². The summed E-state index contributed by atoms with van der Waals surface area (Å²) in [7, 11) is 0. The second-order valence-corrected chi connectivity index (χ2v) is 5.13. The number of carboxylic acids is 1. The van der Waals surface area contributed by atoms with Crippen molar-refractivity contribution in [2.24, 2.45) is 5.41 Å². The van der Waals surface area contributed by atoms with Crippen LogP contribution in [0.15, 0.2) is 4.52 Å². The quantitative estimate of drug-likeness (QED) is 0.860. The topological polar surface area (TPSA) is 79.5 Å². The third-order valence-electron chi connectivity index (χ3n) is 3.21. The summed E-state index contributed by atoms with van der Waals surface area (Å²) in [4.78, 5) is 17.2. The molecular formula is C11H17N3O3. The Morgan fingerprint density at radius 3 is 2.76 bits per heavy atom. The predicted molar refractivity (Wildman–Crippen MR) is 61.0 cm³/mol. The fourth-order valence-corrected chi connectivity index (χ4v) is 1.89. The largest absolute Gasteiger partial charge is 0.481 e. The van der Waals surface area contributed by atoms with Gasteiger partial charge in [0.15, 0.2) is 5.82 Å². The van der Waals surface area contributed by atoms with Crippen molar-refractivity contribution >= 4 is 12.0 Å². The van der Waals surface area contributed by atoms with E-state index in [1.807, 2.05) is 18.7 Å². The van der Waals surface area contributed by atoms with Crippen molar-refractivity contribution in [1.82, 2.24) is 10.1 Å². The second-order valence-electron chi connectivity index (χ2n) is 5.13. The van der Waals surface area contributed by atoms with Crippen LogP contribution in [0, 0.1) is 5.41 Å². The molecule has 0 aromatic carbocycles. The molecule has 1 aromatic heterocycles. The highest BCUT2D eigenvalue weighted by Gasteiger charge is 2.42. The van der Waals surface area contributed by atoms with Gasteiger partial charge in [0.05, 0.1) is 5.41 Å². The van der Waals surface area contributed by atoms with E-state index >= 15 is 0 Å². The molecule has 0 spiro atoms. The number of carboxylic acid groups (broad SMARTS) is 1. The zero-order valence-electron chi connectivity index (χ0n) is 10.3. The van der Waals surface area contributed by atoms with E-state index in [9.17, 15) is 4.79 Å². The molecule has 0 amide bonds. The van der Waals surface area contributed by atoms with Gasteiger partial charge < -0.3 is 14.5 Å². The number of nitrogens with zero attached hydrogens (tertiary/aromatic N) is 3. The fourth-order valence-electron chi connectivity index (χ4n) is 1.89. The Morgan fingerprint density at radius 2 is 2.29 bits per heavy atom. The lowest BCUT2D eigenvalue weighted by Crippen LogP contribution is -2.31. The lowest BCUT2D eigenvalue weighted by Gasteiger charge is -2.18. The molecule has 0 aliphatic carbocycles. The molecular weight excluding hydrogens is 222 g/mol. The van der Waals surface area contributed by atoms with E-state index in [0.29, 0.717) is 31.3 Å². The van der Waals surface area contributed by atoms with Crippen molar-refractivity contribution in [1.29, 1.82) is 0 Å². The van der Waals surface area contributed by atoms with Crippen LogP contribution in [-0.4, -0.2) is 34.3 Å². The Morgan fingerprint density at radius 1 is 1.59 bits per heavy atom. The maximum absolute atomic E-state index is 11.1. The molecule has 0 bridgehead atoms. The molecule has 17 heavy (non-hydrogen) atoms. The van der Waals surface area contributed by atoms with Gasteiger partial charge in [-0.1, -0.05) is 19.0 Å². The van der Waals surface area contributed by atoms with Crippen LogP contribution in [0.3, 0.4) is 0 Å². The zero-order valence-corrected chi connectivity index (χ0v) is 10.3. The Kier molecular flexibility index (Phi) is 2.81. The molecule has 0 saturated carbocycles. The van der Waals surface area contributed by atoms with Crippen molar-refractivity contribution < 1.29 is 14.4 Å². The van der Waals surface area contributed by atoms with E-state index < -0.39 is 11.4 Å². The monoisotopic (exact) mass is 239 g/mol. The average Bonchev–Trinajstić information content (AvgIpc) is 2.84. The van der Waals surface area contributed by atoms with Crippen molar-refractivity contribution in [3.8, 4) is 0 Å². The average molecular weight is 239 g/mol. The van der Waals surface area contributed by atoms with E-state index in [0.717, 1.165) is 0 Å². The Bertz CT molecular complexity index is 429. The Balaban J connectivity index is 2.12. The van der Waals surface area contributed by atoms with Crippen LogP contribution in [-0.2, 0) is 4.79 Å². The number of hydrogen-bond acceptors (Lipinski definition) is 5. The first-order chi connectivity index (χ1) is 7.92. The first kappa shape index (κ1) is 11.9. The normalized spacial score (nSPS) is 24.6. The van der Waals surface area contributed by atoms with Gasteiger partial charge >= 0.3 is 12.0 Å². The smallest absolute Gasteiger partial charge is 0.324 e. The number of hydrogen-bond donors (Lipinski definition) is 1. The van der Waals surface area contributed by atoms with Crippen LogP contribution < -0.4 is 4.90 Å². The summed E-state index contributed by atoms with van der Waals surface area (Å²) in [6.45, 7) is 6.78. The molecule has 2 heterocycles. The summed E-state index contributed by atoms with van der Waals surface area (Å²) in [5, 5.41) is 13.0. The summed E-state index contributed by atoms with van der Waals surface area (Å²) in [5.74, 6) is 0.0912. The molecule has 6 heteroatoms. The molecule has 1 aliphatic heterocycles. The highest BCUT2D eigenvalue weighted by atomic mass is 16.5. The predicted octanol–water partition coefficient (Wildman–Crippen LogP) is 1.49. The summed E-state index contributed by atoms with van der Waals surface area (Å²) in [6, 6.07) is 0.429.